The number of hydrogen-bond donors (Lipinski definition) is 1. The molecule has 0 aromatic heterocycles. The van der Waals surface area contributed by atoms with Gasteiger partial charge in [0.15, 0.2) is 5.83 Å². The molecule has 0 bridgehead atoms. The number of nitrogens with one attached hydrogen (secondary N) is 1. The first kappa shape index (κ1) is 14.0. The molecular weight excluding hydrogens is 237 g/mol. The predicted octanol–water partition coefficient (Wildman–Crippen LogP) is 2.36. The Morgan fingerprint density at radius 3 is 2.56 bits per heavy atom. The summed E-state index contributed by atoms with van der Waals surface area (Å²) in [6.45, 7) is 4.67. The summed E-state index contributed by atoms with van der Waals surface area (Å²) >= 11 is 0. The Morgan fingerprint density at radius 2 is 2.06 bits per heavy atom. The number of carbonyl (C=O) groups excluding carboxylic acids is 1. The van der Waals surface area contributed by atoms with E-state index in [0.29, 0.717) is 11.5 Å². The molecule has 0 aliphatic heterocycles. The van der Waals surface area contributed by atoms with Gasteiger partial charge in [0.1, 0.15) is 11.5 Å². The van der Waals surface area contributed by atoms with Crippen LogP contribution in [0.25, 0.3) is 0 Å². The summed E-state index contributed by atoms with van der Waals surface area (Å²) < 4.78 is 22.9. The fourth-order valence-electron chi connectivity index (χ4n) is 1.53. The van der Waals surface area contributed by atoms with Crippen LogP contribution in [0.2, 0.25) is 0 Å². The average Bonchev–Trinajstić information content (AvgIpc) is 2.37. The number of benzene rings is 1. The number of hydrogen-bond acceptors (Lipinski definition) is 3. The summed E-state index contributed by atoms with van der Waals surface area (Å²) in [4.78, 5) is 11.2. The van der Waals surface area contributed by atoms with E-state index < -0.39 is 17.8 Å². The van der Waals surface area contributed by atoms with Crippen molar-refractivity contribution in [2.24, 2.45) is 0 Å². The van der Waals surface area contributed by atoms with Crippen LogP contribution in [0.1, 0.15) is 18.5 Å². The number of ether oxygens (including phenoxy) is 2. The van der Waals surface area contributed by atoms with Crippen LogP contribution in [0.3, 0.4) is 0 Å². The molecule has 0 fully saturated rings. The maximum absolute atomic E-state index is 12.6. The highest BCUT2D eigenvalue weighted by Crippen LogP contribution is 2.29. The van der Waals surface area contributed by atoms with E-state index in [-0.39, 0.29) is 0 Å². The van der Waals surface area contributed by atoms with Crippen LogP contribution in [0.15, 0.2) is 30.6 Å². The molecule has 0 aliphatic carbocycles. The molecule has 0 spiro atoms. The van der Waals surface area contributed by atoms with Crippen molar-refractivity contribution in [2.75, 3.05) is 14.2 Å². The second-order valence-electron chi connectivity index (χ2n) is 3.71. The lowest BCUT2D eigenvalue weighted by Crippen LogP contribution is -2.26. The second-order valence-corrected chi connectivity index (χ2v) is 3.71. The van der Waals surface area contributed by atoms with Crippen molar-refractivity contribution in [3.8, 4) is 11.5 Å². The number of methoxy groups -OCH3 is 2. The predicted molar refractivity (Wildman–Crippen MR) is 66.4 cm³/mol. The third-order valence-corrected chi connectivity index (χ3v) is 2.50. The molecule has 18 heavy (non-hydrogen) atoms. The van der Waals surface area contributed by atoms with Gasteiger partial charge in [-0.15, -0.1) is 0 Å². The zero-order chi connectivity index (χ0) is 13.7. The lowest BCUT2D eigenvalue weighted by atomic mass is 10.1. The molecule has 98 valence electrons. The summed E-state index contributed by atoms with van der Waals surface area (Å²) in [5.74, 6) is -0.648. The van der Waals surface area contributed by atoms with Gasteiger partial charge < -0.3 is 14.8 Å². The molecule has 1 atom stereocenters. The van der Waals surface area contributed by atoms with Gasteiger partial charge >= 0.3 is 0 Å². The monoisotopic (exact) mass is 253 g/mol. The van der Waals surface area contributed by atoms with E-state index in [1.165, 1.54) is 7.11 Å². The van der Waals surface area contributed by atoms with Gasteiger partial charge in [-0.1, -0.05) is 6.58 Å². The molecule has 1 amide bonds. The van der Waals surface area contributed by atoms with Gasteiger partial charge in [-0.2, -0.15) is 0 Å². The highest BCUT2D eigenvalue weighted by Gasteiger charge is 2.16. The normalized spacial score (nSPS) is 11.6. The van der Waals surface area contributed by atoms with Crippen LogP contribution in [0.4, 0.5) is 4.39 Å². The minimum atomic E-state index is -1.02. The molecule has 0 aliphatic rings. The molecule has 5 heteroatoms. The van der Waals surface area contributed by atoms with Crippen molar-refractivity contribution in [1.82, 2.24) is 5.32 Å². The molecule has 1 rings (SSSR count). The van der Waals surface area contributed by atoms with Crippen LogP contribution in [-0.4, -0.2) is 20.1 Å². The molecule has 0 unspecified atom stereocenters. The molecule has 4 nitrogen and oxygen atoms in total. The summed E-state index contributed by atoms with van der Waals surface area (Å²) in [5, 5.41) is 2.47. The van der Waals surface area contributed by atoms with E-state index in [2.05, 4.69) is 11.9 Å². The van der Waals surface area contributed by atoms with E-state index in [4.69, 9.17) is 9.47 Å². The minimum absolute atomic E-state index is 0.397. The van der Waals surface area contributed by atoms with Gasteiger partial charge in [0.25, 0.3) is 5.91 Å². The lowest BCUT2D eigenvalue weighted by molar-refractivity contribution is -0.119. The van der Waals surface area contributed by atoms with E-state index in [0.717, 1.165) is 5.56 Å². The summed E-state index contributed by atoms with van der Waals surface area (Å²) in [7, 11) is 3.06. The molecule has 0 radical (unpaired) electrons. The molecule has 0 saturated carbocycles. The van der Waals surface area contributed by atoms with Crippen molar-refractivity contribution in [3.63, 3.8) is 0 Å². The number of carbonyl (C=O) groups is 1. The first-order chi connectivity index (χ1) is 8.49. The minimum Gasteiger partial charge on any atom is -0.497 e. The molecule has 0 heterocycles. The third-order valence-electron chi connectivity index (χ3n) is 2.50. The SMILES string of the molecule is C=C(F)C(=O)N[C@@H](C)c1ccc(OC)cc1OC. The van der Waals surface area contributed by atoms with E-state index in [9.17, 15) is 9.18 Å². The van der Waals surface area contributed by atoms with E-state index in [1.54, 1.807) is 32.2 Å². The topological polar surface area (TPSA) is 47.6 Å². The van der Waals surface area contributed by atoms with E-state index in [1.807, 2.05) is 0 Å². The number of rotatable bonds is 5. The van der Waals surface area contributed by atoms with Crippen LogP contribution in [0.5, 0.6) is 11.5 Å². The van der Waals surface area contributed by atoms with Gasteiger partial charge in [-0.3, -0.25) is 4.79 Å². The highest BCUT2D eigenvalue weighted by molar-refractivity contribution is 5.90. The molecule has 1 aromatic carbocycles. The van der Waals surface area contributed by atoms with Crippen LogP contribution in [0, 0.1) is 0 Å². The zero-order valence-electron chi connectivity index (χ0n) is 10.6. The van der Waals surface area contributed by atoms with Crippen LogP contribution >= 0.6 is 0 Å². The van der Waals surface area contributed by atoms with Gasteiger partial charge in [0, 0.05) is 11.6 Å². The number of halogens is 1. The Morgan fingerprint density at radius 1 is 1.39 bits per heavy atom. The molecule has 1 aromatic rings. The molecule has 1 N–H and O–H groups in total. The quantitative estimate of drug-likeness (QED) is 0.819. The van der Waals surface area contributed by atoms with Crippen molar-refractivity contribution in [2.45, 2.75) is 13.0 Å². The summed E-state index contributed by atoms with van der Waals surface area (Å²) in [6, 6.07) is 4.79. The van der Waals surface area contributed by atoms with Crippen molar-refractivity contribution in [1.29, 1.82) is 0 Å². The third kappa shape index (κ3) is 3.23. The molecular formula is C13H16FNO3. The van der Waals surface area contributed by atoms with Crippen LogP contribution in [-0.2, 0) is 4.79 Å². The Kier molecular flexibility index (Phi) is 4.71. The summed E-state index contributed by atoms with van der Waals surface area (Å²) in [5.41, 5.74) is 0.730. The second kappa shape index (κ2) is 6.05. The van der Waals surface area contributed by atoms with E-state index >= 15 is 0 Å². The van der Waals surface area contributed by atoms with Gasteiger partial charge in [-0.25, -0.2) is 4.39 Å². The summed E-state index contributed by atoms with van der Waals surface area (Å²) in [6.07, 6.45) is 0. The fraction of sp³-hybridized carbons (Fsp3) is 0.308. The van der Waals surface area contributed by atoms with Crippen LogP contribution < -0.4 is 14.8 Å². The lowest BCUT2D eigenvalue weighted by Gasteiger charge is -2.17. The fourth-order valence-corrected chi connectivity index (χ4v) is 1.53. The standard InChI is InChI=1S/C13H16FNO3/c1-8(14)13(16)15-9(2)11-6-5-10(17-3)7-12(11)18-4/h5-7,9H,1H2,2-4H3,(H,15,16)/t9-/m0/s1. The zero-order valence-corrected chi connectivity index (χ0v) is 10.6. The van der Waals surface area contributed by atoms with Crippen molar-refractivity contribution < 1.29 is 18.7 Å². The van der Waals surface area contributed by atoms with Gasteiger partial charge in [0.2, 0.25) is 0 Å². The molecule has 0 saturated heterocycles. The Bertz CT molecular complexity index is 460. The maximum Gasteiger partial charge on any atom is 0.279 e. The average molecular weight is 253 g/mol. The largest absolute Gasteiger partial charge is 0.497 e. The van der Waals surface area contributed by atoms with Crippen molar-refractivity contribution >= 4 is 5.91 Å². The first-order valence-corrected chi connectivity index (χ1v) is 5.36. The first-order valence-electron chi connectivity index (χ1n) is 5.36. The maximum atomic E-state index is 12.6. The Hall–Kier alpha value is -2.04. The van der Waals surface area contributed by atoms with Crippen molar-refractivity contribution in [3.05, 3.63) is 36.2 Å². The Balaban J connectivity index is 2.94. The smallest absolute Gasteiger partial charge is 0.279 e. The number of amides is 1. The highest BCUT2D eigenvalue weighted by atomic mass is 19.1. The Labute approximate surface area is 105 Å². The van der Waals surface area contributed by atoms with Gasteiger partial charge in [-0.05, 0) is 19.1 Å². The van der Waals surface area contributed by atoms with Gasteiger partial charge in [0.05, 0.1) is 20.3 Å².